The molecule has 0 aliphatic heterocycles. The van der Waals surface area contributed by atoms with E-state index >= 15 is 0 Å². The molecule has 3 heteroatoms. The van der Waals surface area contributed by atoms with Crippen LogP contribution in [0, 0.1) is 0 Å². The quantitative estimate of drug-likeness (QED) is 0.610. The Balaban J connectivity index is 2.09. The minimum Gasteiger partial charge on any atom is -0.379 e. The van der Waals surface area contributed by atoms with Gasteiger partial charge in [-0.25, -0.2) is 0 Å². The smallest absolute Gasteiger partial charge is 0.0729 e. The fraction of sp³-hybridized carbons (Fsp3) is 1.00. The van der Waals surface area contributed by atoms with Gasteiger partial charge in [0.25, 0.3) is 0 Å². The molecule has 1 aliphatic carbocycles. The van der Waals surface area contributed by atoms with Crippen molar-refractivity contribution in [1.82, 2.24) is 5.32 Å². The van der Waals surface area contributed by atoms with Gasteiger partial charge in [-0.05, 0) is 32.2 Å². The Morgan fingerprint density at radius 2 is 1.83 bits per heavy atom. The van der Waals surface area contributed by atoms with Gasteiger partial charge in [-0.1, -0.05) is 33.1 Å². The van der Waals surface area contributed by atoms with Crippen LogP contribution in [0.15, 0.2) is 0 Å². The summed E-state index contributed by atoms with van der Waals surface area (Å²) in [6, 6.07) is 0.564. The third kappa shape index (κ3) is 6.72. The molecular formula is C15H31NO2. The molecule has 0 aromatic rings. The van der Waals surface area contributed by atoms with Gasteiger partial charge in [0.2, 0.25) is 0 Å². The molecule has 0 spiro atoms. The molecule has 1 rings (SSSR count). The molecule has 0 amide bonds. The maximum absolute atomic E-state index is 5.99. The Bertz CT molecular complexity index is 187. The average Bonchev–Trinajstić information content (AvgIpc) is 2.41. The third-order valence-electron chi connectivity index (χ3n) is 3.56. The van der Waals surface area contributed by atoms with E-state index in [9.17, 15) is 0 Å². The largest absolute Gasteiger partial charge is 0.379 e. The lowest BCUT2D eigenvalue weighted by atomic mass is 9.92. The summed E-state index contributed by atoms with van der Waals surface area (Å²) in [7, 11) is 0. The maximum Gasteiger partial charge on any atom is 0.0729 e. The van der Waals surface area contributed by atoms with Gasteiger partial charge in [0.05, 0.1) is 19.3 Å². The molecule has 18 heavy (non-hydrogen) atoms. The van der Waals surface area contributed by atoms with E-state index in [0.29, 0.717) is 12.1 Å². The molecule has 1 saturated carbocycles. The minimum absolute atomic E-state index is 0.403. The van der Waals surface area contributed by atoms with Crippen LogP contribution in [0.3, 0.4) is 0 Å². The molecule has 0 saturated heterocycles. The van der Waals surface area contributed by atoms with Crippen LogP contribution in [0.4, 0.5) is 0 Å². The molecule has 1 N–H and O–H groups in total. The maximum atomic E-state index is 5.99. The highest BCUT2D eigenvalue weighted by Crippen LogP contribution is 2.21. The van der Waals surface area contributed by atoms with Crippen LogP contribution >= 0.6 is 0 Å². The Morgan fingerprint density at radius 3 is 2.61 bits per heavy atom. The van der Waals surface area contributed by atoms with E-state index in [1.165, 1.54) is 38.5 Å². The van der Waals surface area contributed by atoms with Crippen LogP contribution < -0.4 is 5.32 Å². The predicted molar refractivity (Wildman–Crippen MR) is 76.0 cm³/mol. The summed E-state index contributed by atoms with van der Waals surface area (Å²) in [6.45, 7) is 7.88. The zero-order valence-electron chi connectivity index (χ0n) is 12.2. The summed E-state index contributed by atoms with van der Waals surface area (Å²) >= 11 is 0. The lowest BCUT2D eigenvalue weighted by Gasteiger charge is -2.32. The fourth-order valence-corrected chi connectivity index (χ4v) is 2.47. The van der Waals surface area contributed by atoms with Crippen LogP contribution in [-0.4, -0.2) is 38.5 Å². The van der Waals surface area contributed by atoms with Gasteiger partial charge in [-0.2, -0.15) is 0 Å². The number of unbranched alkanes of at least 4 members (excludes halogenated alkanes) is 1. The first-order valence-corrected chi connectivity index (χ1v) is 7.81. The molecule has 3 nitrogen and oxygen atoms in total. The average molecular weight is 257 g/mol. The second-order valence-electron chi connectivity index (χ2n) is 5.22. The van der Waals surface area contributed by atoms with Crippen molar-refractivity contribution in [3.63, 3.8) is 0 Å². The van der Waals surface area contributed by atoms with E-state index in [0.717, 1.165) is 32.8 Å². The second-order valence-corrected chi connectivity index (χ2v) is 5.22. The fourth-order valence-electron chi connectivity index (χ4n) is 2.47. The van der Waals surface area contributed by atoms with Crippen LogP contribution in [0.1, 0.15) is 58.8 Å². The van der Waals surface area contributed by atoms with Gasteiger partial charge >= 0.3 is 0 Å². The number of hydrogen-bond donors (Lipinski definition) is 1. The predicted octanol–water partition coefficient (Wildman–Crippen LogP) is 3.13. The molecule has 0 radical (unpaired) electrons. The van der Waals surface area contributed by atoms with Gasteiger partial charge < -0.3 is 14.8 Å². The van der Waals surface area contributed by atoms with Gasteiger partial charge in [0.15, 0.2) is 0 Å². The zero-order valence-corrected chi connectivity index (χ0v) is 12.2. The molecule has 1 fully saturated rings. The van der Waals surface area contributed by atoms with Crippen molar-refractivity contribution in [2.75, 3.05) is 26.4 Å². The summed E-state index contributed by atoms with van der Waals surface area (Å²) in [4.78, 5) is 0. The number of ether oxygens (including phenoxy) is 2. The third-order valence-corrected chi connectivity index (χ3v) is 3.56. The first kappa shape index (κ1) is 15.9. The molecule has 2 atom stereocenters. The molecule has 0 heterocycles. The van der Waals surface area contributed by atoms with Crippen molar-refractivity contribution in [2.24, 2.45) is 0 Å². The van der Waals surface area contributed by atoms with Crippen LogP contribution in [0.2, 0.25) is 0 Å². The monoisotopic (exact) mass is 257 g/mol. The lowest BCUT2D eigenvalue weighted by Crippen LogP contribution is -2.44. The minimum atomic E-state index is 0.403. The number of rotatable bonds is 10. The Morgan fingerprint density at radius 1 is 1.00 bits per heavy atom. The summed E-state index contributed by atoms with van der Waals surface area (Å²) in [6.07, 6.45) is 9.08. The summed E-state index contributed by atoms with van der Waals surface area (Å²) < 4.78 is 11.5. The standard InChI is InChI=1S/C15H31NO2/c1-3-5-11-17-12-13-18-15-9-7-6-8-14(15)16-10-4-2/h14-16H,3-13H2,1-2H3. The van der Waals surface area contributed by atoms with E-state index in [-0.39, 0.29) is 0 Å². The highest BCUT2D eigenvalue weighted by atomic mass is 16.5. The van der Waals surface area contributed by atoms with Crippen molar-refractivity contribution in [3.8, 4) is 0 Å². The Hall–Kier alpha value is -0.120. The van der Waals surface area contributed by atoms with Crippen LogP contribution in [0.5, 0.6) is 0 Å². The highest BCUT2D eigenvalue weighted by Gasteiger charge is 2.24. The van der Waals surface area contributed by atoms with Crippen molar-refractivity contribution >= 4 is 0 Å². The van der Waals surface area contributed by atoms with E-state index in [1.807, 2.05) is 0 Å². The van der Waals surface area contributed by atoms with Gasteiger partial charge in [-0.3, -0.25) is 0 Å². The number of nitrogens with one attached hydrogen (secondary N) is 1. The van der Waals surface area contributed by atoms with E-state index < -0.39 is 0 Å². The van der Waals surface area contributed by atoms with Crippen molar-refractivity contribution < 1.29 is 9.47 Å². The van der Waals surface area contributed by atoms with E-state index in [2.05, 4.69) is 19.2 Å². The zero-order chi connectivity index (χ0) is 13.1. The van der Waals surface area contributed by atoms with Gasteiger partial charge in [0, 0.05) is 12.6 Å². The van der Waals surface area contributed by atoms with Gasteiger partial charge in [0.1, 0.15) is 0 Å². The summed E-state index contributed by atoms with van der Waals surface area (Å²) in [5, 5.41) is 3.62. The summed E-state index contributed by atoms with van der Waals surface area (Å²) in [5.41, 5.74) is 0. The Kier molecular flexibility index (Phi) is 9.54. The number of hydrogen-bond acceptors (Lipinski definition) is 3. The van der Waals surface area contributed by atoms with E-state index in [1.54, 1.807) is 0 Å². The van der Waals surface area contributed by atoms with Crippen LogP contribution in [-0.2, 0) is 9.47 Å². The normalized spacial score (nSPS) is 24.3. The lowest BCUT2D eigenvalue weighted by molar-refractivity contribution is -0.0257. The first-order valence-electron chi connectivity index (χ1n) is 7.81. The van der Waals surface area contributed by atoms with Crippen molar-refractivity contribution in [2.45, 2.75) is 70.9 Å². The van der Waals surface area contributed by atoms with E-state index in [4.69, 9.17) is 9.47 Å². The summed E-state index contributed by atoms with van der Waals surface area (Å²) in [5.74, 6) is 0. The van der Waals surface area contributed by atoms with Crippen molar-refractivity contribution in [1.29, 1.82) is 0 Å². The second kappa shape index (κ2) is 10.8. The van der Waals surface area contributed by atoms with Crippen molar-refractivity contribution in [3.05, 3.63) is 0 Å². The molecular weight excluding hydrogens is 226 g/mol. The highest BCUT2D eigenvalue weighted by molar-refractivity contribution is 4.81. The topological polar surface area (TPSA) is 30.5 Å². The molecule has 0 aromatic carbocycles. The molecule has 108 valence electrons. The Labute approximate surface area is 113 Å². The SMILES string of the molecule is CCCCOCCOC1CCCCC1NCCC. The van der Waals surface area contributed by atoms with Crippen LogP contribution in [0.25, 0.3) is 0 Å². The molecule has 0 aromatic heterocycles. The van der Waals surface area contributed by atoms with Gasteiger partial charge in [-0.15, -0.1) is 0 Å². The first-order chi connectivity index (χ1) is 8.88. The molecule has 1 aliphatic rings. The molecule has 0 bridgehead atoms. The molecule has 2 unspecified atom stereocenters.